The van der Waals surface area contributed by atoms with Crippen LogP contribution in [0.3, 0.4) is 0 Å². The normalized spacial score (nSPS) is 18.8. The van der Waals surface area contributed by atoms with E-state index in [1.807, 2.05) is 0 Å². The summed E-state index contributed by atoms with van der Waals surface area (Å²) in [5, 5.41) is 0.271. The van der Waals surface area contributed by atoms with Gasteiger partial charge in [0, 0.05) is 6.04 Å². The molecule has 0 spiro atoms. The number of carbonyl (C=O) groups is 2. The Balaban J connectivity index is 1.79. The number of esters is 1. The molecule has 1 aliphatic carbocycles. The predicted octanol–water partition coefficient (Wildman–Crippen LogP) is 4.82. The average Bonchev–Trinajstić information content (AvgIpc) is 3.00. The third-order valence-corrected chi connectivity index (χ3v) is 6.56. The quantitative estimate of drug-likeness (QED) is 0.322. The second-order valence-electron chi connectivity index (χ2n) is 6.97. The molecular formula is C21H24ClNO5S2. The summed E-state index contributed by atoms with van der Waals surface area (Å²) in [5.74, 6) is 0.0561. The molecule has 0 radical (unpaired) electrons. The third-order valence-electron chi connectivity index (χ3n) is 4.95. The molecule has 0 atom stereocenters. The van der Waals surface area contributed by atoms with Crippen molar-refractivity contribution in [3.05, 3.63) is 27.6 Å². The van der Waals surface area contributed by atoms with Gasteiger partial charge in [-0.05, 0) is 43.5 Å². The molecule has 0 unspecified atom stereocenters. The summed E-state index contributed by atoms with van der Waals surface area (Å²) in [6.45, 7) is 1.71. The van der Waals surface area contributed by atoms with Crippen LogP contribution in [0.1, 0.15) is 44.6 Å². The number of hydrogen-bond donors (Lipinski definition) is 0. The molecule has 1 aromatic rings. The largest absolute Gasteiger partial charge is 0.493 e. The minimum atomic E-state index is -0.494. The van der Waals surface area contributed by atoms with Crippen molar-refractivity contribution in [3.63, 3.8) is 0 Å². The molecule has 1 aliphatic heterocycles. The molecule has 3 rings (SSSR count). The van der Waals surface area contributed by atoms with Gasteiger partial charge in [-0.2, -0.15) is 0 Å². The molecule has 2 fully saturated rings. The van der Waals surface area contributed by atoms with Gasteiger partial charge in [-0.3, -0.25) is 9.69 Å². The van der Waals surface area contributed by atoms with Crippen molar-refractivity contribution in [2.24, 2.45) is 0 Å². The van der Waals surface area contributed by atoms with E-state index in [0.717, 1.165) is 25.7 Å². The van der Waals surface area contributed by atoms with Crippen LogP contribution in [0.2, 0.25) is 5.02 Å². The first-order chi connectivity index (χ1) is 14.4. The van der Waals surface area contributed by atoms with E-state index < -0.39 is 5.97 Å². The fourth-order valence-electron chi connectivity index (χ4n) is 3.58. The highest BCUT2D eigenvalue weighted by Crippen LogP contribution is 2.40. The van der Waals surface area contributed by atoms with Gasteiger partial charge in [-0.25, -0.2) is 4.79 Å². The van der Waals surface area contributed by atoms with E-state index in [-0.39, 0.29) is 35.9 Å². The maximum atomic E-state index is 13.0. The minimum absolute atomic E-state index is 0.0605. The summed E-state index contributed by atoms with van der Waals surface area (Å²) >= 11 is 13.1. The number of benzene rings is 1. The van der Waals surface area contributed by atoms with Crippen LogP contribution in [-0.2, 0) is 14.3 Å². The molecule has 30 heavy (non-hydrogen) atoms. The highest BCUT2D eigenvalue weighted by molar-refractivity contribution is 8.26. The predicted molar refractivity (Wildman–Crippen MR) is 122 cm³/mol. The zero-order chi connectivity index (χ0) is 21.7. The summed E-state index contributed by atoms with van der Waals surface area (Å²) in [5.41, 5.74) is 0.685. The Morgan fingerprint density at radius 2 is 2.07 bits per heavy atom. The molecule has 1 saturated carbocycles. The van der Waals surface area contributed by atoms with Gasteiger partial charge in [0.2, 0.25) is 0 Å². The van der Waals surface area contributed by atoms with Crippen LogP contribution in [0.15, 0.2) is 17.0 Å². The number of ether oxygens (including phenoxy) is 3. The topological polar surface area (TPSA) is 65.1 Å². The van der Waals surface area contributed by atoms with Crippen LogP contribution in [-0.4, -0.2) is 47.5 Å². The molecule has 1 amide bonds. The van der Waals surface area contributed by atoms with E-state index in [1.54, 1.807) is 30.0 Å². The second-order valence-corrected chi connectivity index (χ2v) is 9.05. The van der Waals surface area contributed by atoms with Crippen LogP contribution < -0.4 is 9.47 Å². The number of nitrogens with zero attached hydrogens (tertiary/aromatic N) is 1. The Morgan fingerprint density at radius 3 is 2.73 bits per heavy atom. The number of thiocarbonyl (C=S) groups is 1. The fraction of sp³-hybridized carbons (Fsp3) is 0.476. The number of thioether (sulfide) groups is 1. The van der Waals surface area contributed by atoms with Crippen molar-refractivity contribution in [2.45, 2.75) is 45.1 Å². The van der Waals surface area contributed by atoms with Crippen molar-refractivity contribution in [2.75, 3.05) is 20.3 Å². The Bertz CT molecular complexity index is 867. The smallest absolute Gasteiger partial charge is 0.344 e. The molecule has 0 aromatic heterocycles. The lowest BCUT2D eigenvalue weighted by Gasteiger charge is -2.29. The van der Waals surface area contributed by atoms with Gasteiger partial charge in [-0.15, -0.1) is 0 Å². The maximum absolute atomic E-state index is 13.0. The van der Waals surface area contributed by atoms with Gasteiger partial charge >= 0.3 is 5.97 Å². The van der Waals surface area contributed by atoms with Gasteiger partial charge in [0.25, 0.3) is 5.91 Å². The Hall–Kier alpha value is -1.77. The Morgan fingerprint density at radius 1 is 1.33 bits per heavy atom. The van der Waals surface area contributed by atoms with Gasteiger partial charge in [-0.1, -0.05) is 54.8 Å². The first-order valence-electron chi connectivity index (χ1n) is 9.87. The van der Waals surface area contributed by atoms with E-state index in [0.29, 0.717) is 20.5 Å². The summed E-state index contributed by atoms with van der Waals surface area (Å²) < 4.78 is 16.3. The number of methoxy groups -OCH3 is 1. The second kappa shape index (κ2) is 10.5. The Kier molecular flexibility index (Phi) is 8.02. The lowest BCUT2D eigenvalue weighted by Crippen LogP contribution is -2.39. The average molecular weight is 470 g/mol. The van der Waals surface area contributed by atoms with Crippen molar-refractivity contribution in [1.29, 1.82) is 0 Å². The number of amides is 1. The summed E-state index contributed by atoms with van der Waals surface area (Å²) in [6.07, 6.45) is 7.20. The van der Waals surface area contributed by atoms with Crippen molar-refractivity contribution >= 4 is 57.9 Å². The van der Waals surface area contributed by atoms with Crippen LogP contribution >= 0.6 is 35.6 Å². The van der Waals surface area contributed by atoms with E-state index in [2.05, 4.69) is 0 Å². The van der Waals surface area contributed by atoms with Crippen LogP contribution in [0.5, 0.6) is 11.5 Å². The first kappa shape index (κ1) is 22.9. The zero-order valence-electron chi connectivity index (χ0n) is 16.9. The van der Waals surface area contributed by atoms with E-state index in [4.69, 9.17) is 38.0 Å². The van der Waals surface area contributed by atoms with Gasteiger partial charge in [0.1, 0.15) is 4.32 Å². The molecule has 1 saturated heterocycles. The standard InChI is InChI=1S/C21H24ClNO5S2/c1-3-27-18(24)12-28-19-15(22)9-13(10-16(19)26-2)11-17-20(25)23(21(29)30-17)14-7-5-4-6-8-14/h9-11,14H,3-8,12H2,1-2H3/b17-11+. The van der Waals surface area contributed by atoms with E-state index >= 15 is 0 Å². The summed E-state index contributed by atoms with van der Waals surface area (Å²) in [7, 11) is 1.48. The number of carbonyl (C=O) groups excluding carboxylic acids is 2. The van der Waals surface area contributed by atoms with Gasteiger partial charge < -0.3 is 14.2 Å². The lowest BCUT2D eigenvalue weighted by molar-refractivity contribution is -0.145. The molecule has 2 aliphatic rings. The van der Waals surface area contributed by atoms with E-state index in [1.165, 1.54) is 25.3 Å². The molecule has 9 heteroatoms. The first-order valence-corrected chi connectivity index (χ1v) is 11.5. The summed E-state index contributed by atoms with van der Waals surface area (Å²) in [6, 6.07) is 3.56. The number of hydrogen-bond acceptors (Lipinski definition) is 7. The molecule has 162 valence electrons. The van der Waals surface area contributed by atoms with Gasteiger partial charge in [0.05, 0.1) is 23.6 Å². The summed E-state index contributed by atoms with van der Waals surface area (Å²) in [4.78, 5) is 26.9. The van der Waals surface area contributed by atoms with Crippen LogP contribution in [0, 0.1) is 0 Å². The number of rotatable bonds is 7. The van der Waals surface area contributed by atoms with Crippen molar-refractivity contribution < 1.29 is 23.8 Å². The molecule has 1 heterocycles. The van der Waals surface area contributed by atoms with Crippen LogP contribution in [0.25, 0.3) is 6.08 Å². The monoisotopic (exact) mass is 469 g/mol. The molecule has 0 bridgehead atoms. The van der Waals surface area contributed by atoms with Crippen molar-refractivity contribution in [1.82, 2.24) is 4.90 Å². The fourth-order valence-corrected chi connectivity index (χ4v) is 5.26. The van der Waals surface area contributed by atoms with Crippen molar-refractivity contribution in [3.8, 4) is 11.5 Å². The van der Waals surface area contributed by atoms with E-state index in [9.17, 15) is 9.59 Å². The maximum Gasteiger partial charge on any atom is 0.344 e. The highest BCUT2D eigenvalue weighted by Gasteiger charge is 2.37. The molecule has 0 N–H and O–H groups in total. The molecule has 6 nitrogen and oxygen atoms in total. The zero-order valence-corrected chi connectivity index (χ0v) is 19.3. The van der Waals surface area contributed by atoms with Gasteiger partial charge in [0.15, 0.2) is 18.1 Å². The third kappa shape index (κ3) is 5.28. The molecule has 1 aromatic carbocycles. The highest BCUT2D eigenvalue weighted by atomic mass is 35.5. The minimum Gasteiger partial charge on any atom is -0.493 e. The lowest BCUT2D eigenvalue weighted by atomic mass is 9.94. The molecular weight excluding hydrogens is 446 g/mol. The SMILES string of the molecule is CCOC(=O)COc1c(Cl)cc(/C=C2/SC(=S)N(C3CCCCC3)C2=O)cc1OC. The van der Waals surface area contributed by atoms with Crippen LogP contribution in [0.4, 0.5) is 0 Å². The number of halogens is 1. The Labute approximate surface area is 190 Å².